The van der Waals surface area contributed by atoms with Crippen molar-refractivity contribution in [2.24, 2.45) is 5.92 Å². The van der Waals surface area contributed by atoms with Crippen LogP contribution in [0.2, 0.25) is 0 Å². The van der Waals surface area contributed by atoms with E-state index in [2.05, 4.69) is 30.1 Å². The van der Waals surface area contributed by atoms with Crippen LogP contribution in [0, 0.1) is 5.92 Å². The van der Waals surface area contributed by atoms with E-state index in [0.29, 0.717) is 36.7 Å². The number of fused-ring (bicyclic) bond motifs is 1. The van der Waals surface area contributed by atoms with E-state index in [1.807, 2.05) is 18.2 Å². The lowest BCUT2D eigenvalue weighted by atomic mass is 10.0. The van der Waals surface area contributed by atoms with Crippen LogP contribution in [0.5, 0.6) is 11.5 Å². The van der Waals surface area contributed by atoms with Crippen molar-refractivity contribution in [3.05, 3.63) is 53.6 Å². The second kappa shape index (κ2) is 13.4. The molecule has 1 N–H and O–H groups in total. The predicted octanol–water partition coefficient (Wildman–Crippen LogP) is 3.29. The van der Waals surface area contributed by atoms with Gasteiger partial charge in [0.25, 0.3) is 5.91 Å². The zero-order valence-electron chi connectivity index (χ0n) is 22.7. The van der Waals surface area contributed by atoms with Gasteiger partial charge in [0.1, 0.15) is 24.7 Å². The van der Waals surface area contributed by atoms with Crippen LogP contribution in [0.1, 0.15) is 29.8 Å². The predicted molar refractivity (Wildman–Crippen MR) is 142 cm³/mol. The van der Waals surface area contributed by atoms with Crippen LogP contribution < -0.4 is 14.8 Å². The van der Waals surface area contributed by atoms with Gasteiger partial charge in [-0.2, -0.15) is 0 Å². The molecule has 2 aromatic rings. The Kier molecular flexibility index (Phi) is 10.3. The van der Waals surface area contributed by atoms with E-state index in [1.54, 1.807) is 44.4 Å². The zero-order chi connectivity index (χ0) is 26.9. The lowest BCUT2D eigenvalue weighted by molar-refractivity contribution is -0.119. The van der Waals surface area contributed by atoms with Crippen molar-refractivity contribution >= 4 is 17.5 Å². The number of hydrogen-bond donors (Lipinski definition) is 1. The van der Waals surface area contributed by atoms with E-state index in [4.69, 9.17) is 18.9 Å². The molecule has 202 valence electrons. The van der Waals surface area contributed by atoms with Gasteiger partial charge in [-0.15, -0.1) is 0 Å². The molecule has 2 aromatic carbocycles. The van der Waals surface area contributed by atoms with Crippen LogP contribution in [-0.2, 0) is 20.8 Å². The molecular weight excluding hydrogens is 474 g/mol. The third-order valence-corrected chi connectivity index (χ3v) is 6.70. The van der Waals surface area contributed by atoms with Crippen molar-refractivity contribution in [1.82, 2.24) is 9.80 Å². The normalized spacial score (nSPS) is 21.3. The lowest BCUT2D eigenvalue weighted by Gasteiger charge is -2.36. The number of carbonyl (C=O) groups is 2. The highest BCUT2D eigenvalue weighted by atomic mass is 16.5. The first-order valence-corrected chi connectivity index (χ1v) is 12.5. The van der Waals surface area contributed by atoms with E-state index >= 15 is 0 Å². The SMILES string of the molecule is COCC(=O)Nc1ccc2c(c1)C(=O)N(C)C[C@@H](OC)[C@H](C)CN(Cc1ccccc1OC)[C@H](C)CO2. The van der Waals surface area contributed by atoms with Crippen LogP contribution >= 0.6 is 0 Å². The van der Waals surface area contributed by atoms with Crippen molar-refractivity contribution in [3.8, 4) is 11.5 Å². The number of rotatable bonds is 7. The molecule has 3 rings (SSSR count). The number of para-hydroxylation sites is 1. The maximum Gasteiger partial charge on any atom is 0.257 e. The summed E-state index contributed by atoms with van der Waals surface area (Å²) in [6.07, 6.45) is -0.172. The fourth-order valence-electron chi connectivity index (χ4n) is 4.53. The Bertz CT molecular complexity index is 1060. The number of carbonyl (C=O) groups excluding carboxylic acids is 2. The minimum atomic E-state index is -0.300. The van der Waals surface area contributed by atoms with Crippen molar-refractivity contribution in [2.75, 3.05) is 60.0 Å². The second-order valence-corrected chi connectivity index (χ2v) is 9.53. The molecule has 2 amide bonds. The molecular formula is C28H39N3O6. The molecule has 0 aromatic heterocycles. The fourth-order valence-corrected chi connectivity index (χ4v) is 4.53. The Hall–Kier alpha value is -3.14. The molecule has 0 spiro atoms. The minimum absolute atomic E-state index is 0.0334. The van der Waals surface area contributed by atoms with Gasteiger partial charge >= 0.3 is 0 Å². The van der Waals surface area contributed by atoms with E-state index < -0.39 is 0 Å². The third-order valence-electron chi connectivity index (χ3n) is 6.70. The van der Waals surface area contributed by atoms with Crippen LogP contribution in [-0.4, -0.2) is 88.4 Å². The standard InChI is InChI=1S/C28H39N3O6/c1-19-14-31(15-21-9-7-8-10-24(21)35-5)20(2)17-37-25-12-11-22(29-27(32)18-34-4)13-23(25)28(33)30(3)16-26(19)36-6/h7-13,19-20,26H,14-18H2,1-6H3,(H,29,32)/t19-,20-,26-/m1/s1. The molecule has 0 bridgehead atoms. The topological polar surface area (TPSA) is 89.6 Å². The summed E-state index contributed by atoms with van der Waals surface area (Å²) in [6.45, 7) is 6.39. The summed E-state index contributed by atoms with van der Waals surface area (Å²) in [5, 5.41) is 2.76. The molecule has 0 saturated carbocycles. The van der Waals surface area contributed by atoms with Crippen LogP contribution in [0.3, 0.4) is 0 Å². The van der Waals surface area contributed by atoms with Crippen molar-refractivity contribution in [1.29, 1.82) is 0 Å². The summed E-state index contributed by atoms with van der Waals surface area (Å²) in [6, 6.07) is 13.1. The van der Waals surface area contributed by atoms with Gasteiger partial charge in [0.05, 0.1) is 18.8 Å². The number of likely N-dealkylation sites (N-methyl/N-ethyl adjacent to an activating group) is 1. The highest BCUT2D eigenvalue weighted by molar-refractivity contribution is 5.99. The zero-order valence-corrected chi connectivity index (χ0v) is 22.7. The van der Waals surface area contributed by atoms with E-state index in [0.717, 1.165) is 17.9 Å². The molecule has 0 unspecified atom stereocenters. The molecule has 0 saturated heterocycles. The van der Waals surface area contributed by atoms with Gasteiger partial charge in [-0.3, -0.25) is 14.5 Å². The summed E-state index contributed by atoms with van der Waals surface area (Å²) < 4.78 is 22.6. The molecule has 0 radical (unpaired) electrons. The largest absolute Gasteiger partial charge is 0.496 e. The highest BCUT2D eigenvalue weighted by Crippen LogP contribution is 2.27. The number of nitrogens with one attached hydrogen (secondary N) is 1. The van der Waals surface area contributed by atoms with Gasteiger partial charge in [0.15, 0.2) is 0 Å². The molecule has 9 nitrogen and oxygen atoms in total. The van der Waals surface area contributed by atoms with Gasteiger partial charge in [0.2, 0.25) is 5.91 Å². The number of nitrogens with zero attached hydrogens (tertiary/aromatic N) is 2. The number of benzene rings is 2. The molecule has 1 aliphatic heterocycles. The molecule has 9 heteroatoms. The first kappa shape index (κ1) is 28.4. The Morgan fingerprint density at radius 2 is 1.86 bits per heavy atom. The molecule has 0 aliphatic carbocycles. The number of hydrogen-bond acceptors (Lipinski definition) is 7. The first-order chi connectivity index (χ1) is 17.8. The van der Waals surface area contributed by atoms with Crippen LogP contribution in [0.15, 0.2) is 42.5 Å². The average molecular weight is 514 g/mol. The smallest absolute Gasteiger partial charge is 0.257 e. The number of ether oxygens (including phenoxy) is 4. The maximum absolute atomic E-state index is 13.5. The van der Waals surface area contributed by atoms with Gasteiger partial charge in [-0.25, -0.2) is 0 Å². The van der Waals surface area contributed by atoms with Gasteiger partial charge < -0.3 is 29.2 Å². The fraction of sp³-hybridized carbons (Fsp3) is 0.500. The number of methoxy groups -OCH3 is 3. The Balaban J connectivity index is 1.94. The van der Waals surface area contributed by atoms with E-state index in [1.165, 1.54) is 7.11 Å². The van der Waals surface area contributed by atoms with Crippen LogP contribution in [0.4, 0.5) is 5.69 Å². The summed E-state index contributed by atoms with van der Waals surface area (Å²) >= 11 is 0. The first-order valence-electron chi connectivity index (χ1n) is 12.5. The molecule has 3 atom stereocenters. The third kappa shape index (κ3) is 7.44. The molecule has 1 aliphatic rings. The highest BCUT2D eigenvalue weighted by Gasteiger charge is 2.29. The second-order valence-electron chi connectivity index (χ2n) is 9.53. The summed E-state index contributed by atoms with van der Waals surface area (Å²) in [5.41, 5.74) is 1.97. The average Bonchev–Trinajstić information content (AvgIpc) is 2.89. The Labute approximate surface area is 219 Å². The van der Waals surface area contributed by atoms with Gasteiger partial charge in [-0.1, -0.05) is 25.1 Å². The Morgan fingerprint density at radius 3 is 2.57 bits per heavy atom. The van der Waals surface area contributed by atoms with Crippen molar-refractivity contribution in [3.63, 3.8) is 0 Å². The Morgan fingerprint density at radius 1 is 1.11 bits per heavy atom. The minimum Gasteiger partial charge on any atom is -0.496 e. The maximum atomic E-state index is 13.5. The van der Waals surface area contributed by atoms with E-state index in [-0.39, 0.29) is 36.5 Å². The van der Waals surface area contributed by atoms with Crippen LogP contribution in [0.25, 0.3) is 0 Å². The van der Waals surface area contributed by atoms with Crippen molar-refractivity contribution in [2.45, 2.75) is 32.5 Å². The number of anilines is 1. The molecule has 0 fully saturated rings. The summed E-state index contributed by atoms with van der Waals surface area (Å²) in [7, 11) is 6.57. The quantitative estimate of drug-likeness (QED) is 0.608. The molecule has 37 heavy (non-hydrogen) atoms. The van der Waals surface area contributed by atoms with Crippen molar-refractivity contribution < 1.29 is 28.5 Å². The summed E-state index contributed by atoms with van der Waals surface area (Å²) in [4.78, 5) is 29.5. The van der Waals surface area contributed by atoms with Gasteiger partial charge in [0, 0.05) is 58.2 Å². The number of amides is 2. The lowest BCUT2D eigenvalue weighted by Crippen LogP contribution is -2.46. The van der Waals surface area contributed by atoms with E-state index in [9.17, 15) is 9.59 Å². The molecule has 1 heterocycles. The monoisotopic (exact) mass is 513 g/mol. The van der Waals surface area contributed by atoms with Gasteiger partial charge in [-0.05, 0) is 37.1 Å². The summed E-state index contributed by atoms with van der Waals surface area (Å²) in [5.74, 6) is 0.943.